The summed E-state index contributed by atoms with van der Waals surface area (Å²) in [5, 5.41) is 21.0. The van der Waals surface area contributed by atoms with E-state index in [1.54, 1.807) is 12.3 Å². The summed E-state index contributed by atoms with van der Waals surface area (Å²) >= 11 is 0. The smallest absolute Gasteiger partial charge is 0.249 e. The normalized spacial score (nSPS) is 26.8. The van der Waals surface area contributed by atoms with Crippen LogP contribution in [0.4, 0.5) is 14.5 Å². The topological polar surface area (TPSA) is 72.1 Å². The molecule has 1 heterocycles. The summed E-state index contributed by atoms with van der Waals surface area (Å²) < 4.78 is 27.5. The van der Waals surface area contributed by atoms with Crippen LogP contribution in [0.2, 0.25) is 0 Å². The molecule has 3 aliphatic carbocycles. The largest absolute Gasteiger partial charge is 0.272 e. The van der Waals surface area contributed by atoms with Crippen molar-refractivity contribution in [2.75, 3.05) is 11.6 Å². The minimum Gasteiger partial charge on any atom is -0.272 e. The van der Waals surface area contributed by atoms with Crippen molar-refractivity contribution in [3.63, 3.8) is 0 Å². The maximum absolute atomic E-state index is 13.7. The molecule has 1 atom stereocenters. The van der Waals surface area contributed by atoms with Crippen molar-refractivity contribution in [3.8, 4) is 6.07 Å². The molecule has 2 aromatic carbocycles. The lowest BCUT2D eigenvalue weighted by molar-refractivity contribution is -0.214. The SMILES string of the molecule is C=NN(CC12CC(C(=O)N3N=CCC3c3cc(F)cc(F)c3)(C1)C2)c1cccc(C#N)c1C. The Balaban J connectivity index is 1.29. The fourth-order valence-electron chi connectivity index (χ4n) is 5.84. The molecule has 1 amide bonds. The Labute approximate surface area is 190 Å². The Kier molecular flexibility index (Phi) is 4.82. The zero-order valence-electron chi connectivity index (χ0n) is 18.3. The molecule has 1 unspecified atom stereocenters. The Morgan fingerprint density at radius 1 is 1.30 bits per heavy atom. The summed E-state index contributed by atoms with van der Waals surface area (Å²) in [4.78, 5) is 13.4. The number of hydrazone groups is 2. The monoisotopic (exact) mass is 447 g/mol. The van der Waals surface area contributed by atoms with Gasteiger partial charge in [0.1, 0.15) is 11.6 Å². The zero-order chi connectivity index (χ0) is 23.4. The molecule has 0 spiro atoms. The summed E-state index contributed by atoms with van der Waals surface area (Å²) in [6.07, 6.45) is 4.17. The third kappa shape index (κ3) is 3.30. The second-order valence-corrected chi connectivity index (χ2v) is 9.47. The van der Waals surface area contributed by atoms with E-state index in [4.69, 9.17) is 0 Å². The van der Waals surface area contributed by atoms with E-state index >= 15 is 0 Å². The van der Waals surface area contributed by atoms with Gasteiger partial charge in [-0.15, -0.1) is 0 Å². The Bertz CT molecular complexity index is 1190. The first-order valence-corrected chi connectivity index (χ1v) is 10.9. The van der Waals surface area contributed by atoms with Gasteiger partial charge in [-0.25, -0.2) is 13.8 Å². The van der Waals surface area contributed by atoms with Crippen LogP contribution >= 0.6 is 0 Å². The van der Waals surface area contributed by atoms with Crippen LogP contribution in [-0.4, -0.2) is 30.4 Å². The number of carbonyl (C=O) groups excluding carboxylic acids is 1. The van der Waals surface area contributed by atoms with Gasteiger partial charge in [-0.1, -0.05) is 6.07 Å². The van der Waals surface area contributed by atoms with Crippen LogP contribution in [0, 0.1) is 40.7 Å². The third-order valence-corrected chi connectivity index (χ3v) is 7.26. The van der Waals surface area contributed by atoms with Gasteiger partial charge in [0.2, 0.25) is 5.91 Å². The minimum absolute atomic E-state index is 0.0458. The van der Waals surface area contributed by atoms with Crippen molar-refractivity contribution in [2.45, 2.75) is 38.6 Å². The van der Waals surface area contributed by atoms with Crippen molar-refractivity contribution in [3.05, 3.63) is 64.7 Å². The van der Waals surface area contributed by atoms with Crippen molar-refractivity contribution in [1.29, 1.82) is 5.26 Å². The highest BCUT2D eigenvalue weighted by Gasteiger charge is 2.72. The molecule has 33 heavy (non-hydrogen) atoms. The van der Waals surface area contributed by atoms with E-state index in [1.807, 2.05) is 24.1 Å². The fraction of sp³-hybridized carbons (Fsp3) is 0.360. The number of benzene rings is 2. The predicted molar refractivity (Wildman–Crippen MR) is 121 cm³/mol. The van der Waals surface area contributed by atoms with Crippen LogP contribution in [-0.2, 0) is 4.79 Å². The van der Waals surface area contributed by atoms with Crippen molar-refractivity contribution in [2.24, 2.45) is 21.0 Å². The Hall–Kier alpha value is -3.60. The first-order chi connectivity index (χ1) is 15.8. The number of anilines is 1. The maximum atomic E-state index is 13.7. The fourth-order valence-corrected chi connectivity index (χ4v) is 5.84. The predicted octanol–water partition coefficient (Wildman–Crippen LogP) is 4.70. The molecule has 168 valence electrons. The average Bonchev–Trinajstić information content (AvgIpc) is 3.22. The first kappa shape index (κ1) is 21.3. The van der Waals surface area contributed by atoms with Crippen LogP contribution in [0.5, 0.6) is 0 Å². The molecule has 1 aliphatic heterocycles. The molecule has 0 saturated heterocycles. The molecule has 0 radical (unpaired) electrons. The van der Waals surface area contributed by atoms with E-state index in [0.29, 0.717) is 43.4 Å². The van der Waals surface area contributed by atoms with E-state index in [9.17, 15) is 18.8 Å². The second-order valence-electron chi connectivity index (χ2n) is 9.47. The van der Waals surface area contributed by atoms with Gasteiger partial charge in [0.15, 0.2) is 0 Å². The van der Waals surface area contributed by atoms with E-state index in [2.05, 4.69) is 23.0 Å². The molecule has 8 heteroatoms. The van der Waals surface area contributed by atoms with Gasteiger partial charge in [-0.3, -0.25) is 9.80 Å². The standard InChI is InChI=1S/C25H23F2N5O/c1-16-17(11-28)4-3-5-21(16)31(29-2)15-24-12-25(13-24,14-24)23(33)32-22(6-7-30-32)18-8-19(26)10-20(27)9-18/h3-5,7-10,22H,2,6,12-15H2,1H3. The number of carbonyl (C=O) groups is 1. The number of rotatable bonds is 6. The molecule has 3 fully saturated rings. The van der Waals surface area contributed by atoms with Crippen LogP contribution in [0.3, 0.4) is 0 Å². The molecule has 3 saturated carbocycles. The lowest BCUT2D eigenvalue weighted by atomic mass is 9.34. The van der Waals surface area contributed by atoms with Crippen LogP contribution in [0.15, 0.2) is 46.6 Å². The molecule has 0 aromatic heterocycles. The van der Waals surface area contributed by atoms with Gasteiger partial charge in [-0.2, -0.15) is 15.5 Å². The highest BCUT2D eigenvalue weighted by Crippen LogP contribution is 2.74. The number of nitrogens with zero attached hydrogens (tertiary/aromatic N) is 5. The molecule has 4 aliphatic rings. The summed E-state index contributed by atoms with van der Waals surface area (Å²) in [6, 6.07) is 10.6. The highest BCUT2D eigenvalue weighted by atomic mass is 19.1. The van der Waals surface area contributed by atoms with Crippen molar-refractivity contribution < 1.29 is 13.6 Å². The summed E-state index contributed by atoms with van der Waals surface area (Å²) in [7, 11) is 0. The number of nitriles is 1. The number of amides is 1. The van der Waals surface area contributed by atoms with E-state index in [0.717, 1.165) is 17.3 Å². The van der Waals surface area contributed by atoms with E-state index in [-0.39, 0.29) is 11.3 Å². The molecule has 2 bridgehead atoms. The number of halogens is 2. The quantitative estimate of drug-likeness (QED) is 0.476. The summed E-state index contributed by atoms with van der Waals surface area (Å²) in [5.41, 5.74) is 2.16. The molecule has 6 nitrogen and oxygen atoms in total. The van der Waals surface area contributed by atoms with Crippen LogP contribution < -0.4 is 5.01 Å². The van der Waals surface area contributed by atoms with Crippen LogP contribution in [0.1, 0.15) is 48.4 Å². The number of hydrogen-bond donors (Lipinski definition) is 0. The maximum Gasteiger partial charge on any atom is 0.249 e. The molecular formula is C25H23F2N5O. The van der Waals surface area contributed by atoms with Gasteiger partial charge in [-0.05, 0) is 67.0 Å². The molecule has 2 aromatic rings. The van der Waals surface area contributed by atoms with Gasteiger partial charge in [0.25, 0.3) is 0 Å². The van der Waals surface area contributed by atoms with Gasteiger partial charge in [0.05, 0.1) is 28.8 Å². The van der Waals surface area contributed by atoms with Crippen molar-refractivity contribution >= 4 is 24.5 Å². The van der Waals surface area contributed by atoms with E-state index < -0.39 is 23.1 Å². The third-order valence-electron chi connectivity index (χ3n) is 7.26. The molecular weight excluding hydrogens is 424 g/mol. The van der Waals surface area contributed by atoms with Crippen molar-refractivity contribution in [1.82, 2.24) is 5.01 Å². The molecule has 6 rings (SSSR count). The lowest BCUT2D eigenvalue weighted by Crippen LogP contribution is -2.70. The summed E-state index contributed by atoms with van der Waals surface area (Å²) in [5.74, 6) is -1.42. The second kappa shape index (κ2) is 7.48. The molecule has 0 N–H and O–H groups in total. The van der Waals surface area contributed by atoms with Gasteiger partial charge < -0.3 is 0 Å². The Morgan fingerprint density at radius 2 is 2.00 bits per heavy atom. The average molecular weight is 447 g/mol. The van der Waals surface area contributed by atoms with Gasteiger partial charge >= 0.3 is 0 Å². The van der Waals surface area contributed by atoms with E-state index in [1.165, 1.54) is 17.1 Å². The first-order valence-electron chi connectivity index (χ1n) is 10.9. The minimum atomic E-state index is -0.665. The highest BCUT2D eigenvalue weighted by molar-refractivity contribution is 5.88. The number of hydrogen-bond acceptors (Lipinski definition) is 5. The Morgan fingerprint density at radius 3 is 2.64 bits per heavy atom. The van der Waals surface area contributed by atoms with Gasteiger partial charge in [0, 0.05) is 32.0 Å². The zero-order valence-corrected chi connectivity index (χ0v) is 18.3. The lowest BCUT2D eigenvalue weighted by Gasteiger charge is -2.70. The summed E-state index contributed by atoms with van der Waals surface area (Å²) in [6.45, 7) is 6.21. The van der Waals surface area contributed by atoms with Crippen LogP contribution in [0.25, 0.3) is 0 Å².